The van der Waals surface area contributed by atoms with Gasteiger partial charge in [-0.3, -0.25) is 19.5 Å². The number of anilines is 1. The third-order valence-electron chi connectivity index (χ3n) is 6.39. The van der Waals surface area contributed by atoms with Gasteiger partial charge in [-0.1, -0.05) is 25.0 Å². The van der Waals surface area contributed by atoms with Gasteiger partial charge in [0.05, 0.1) is 5.56 Å². The number of benzene rings is 1. The van der Waals surface area contributed by atoms with Crippen LogP contribution in [0.2, 0.25) is 0 Å². The molecule has 0 atom stereocenters. The molecular formula is C25H32N4O2. The Morgan fingerprint density at radius 2 is 1.84 bits per heavy atom. The number of carbonyl (C=O) groups is 2. The molecule has 1 aromatic carbocycles. The van der Waals surface area contributed by atoms with Crippen LogP contribution in [0.15, 0.2) is 42.7 Å². The molecule has 2 fully saturated rings. The molecule has 0 bridgehead atoms. The van der Waals surface area contributed by atoms with Gasteiger partial charge in [0.1, 0.15) is 0 Å². The van der Waals surface area contributed by atoms with E-state index >= 15 is 0 Å². The van der Waals surface area contributed by atoms with E-state index < -0.39 is 0 Å². The molecule has 164 valence electrons. The zero-order chi connectivity index (χ0) is 21.6. The van der Waals surface area contributed by atoms with E-state index in [1.807, 2.05) is 31.2 Å². The van der Waals surface area contributed by atoms with Crippen molar-refractivity contribution in [3.63, 3.8) is 0 Å². The van der Waals surface area contributed by atoms with Crippen molar-refractivity contribution in [2.75, 3.05) is 18.4 Å². The Balaban J connectivity index is 1.27. The highest BCUT2D eigenvalue weighted by atomic mass is 16.2. The van der Waals surface area contributed by atoms with E-state index in [1.54, 1.807) is 12.4 Å². The average Bonchev–Trinajstić information content (AvgIpc) is 3.27. The Labute approximate surface area is 184 Å². The molecule has 1 aromatic heterocycles. The summed E-state index contributed by atoms with van der Waals surface area (Å²) in [6.45, 7) is 4.60. The number of aryl methyl sites for hydroxylation is 1. The van der Waals surface area contributed by atoms with Crippen LogP contribution < -0.4 is 10.6 Å². The minimum absolute atomic E-state index is 0.144. The highest BCUT2D eigenvalue weighted by Gasteiger charge is 2.27. The van der Waals surface area contributed by atoms with Crippen molar-refractivity contribution in [2.45, 2.75) is 58.0 Å². The summed E-state index contributed by atoms with van der Waals surface area (Å²) in [4.78, 5) is 31.5. The fourth-order valence-electron chi connectivity index (χ4n) is 4.63. The predicted molar refractivity (Wildman–Crippen MR) is 122 cm³/mol. The summed E-state index contributed by atoms with van der Waals surface area (Å²) in [5.41, 5.74) is 3.47. The lowest BCUT2D eigenvalue weighted by Crippen LogP contribution is -2.42. The molecule has 2 aromatic rings. The molecule has 6 nitrogen and oxygen atoms in total. The Hall–Kier alpha value is -2.73. The monoisotopic (exact) mass is 420 g/mol. The fourth-order valence-corrected chi connectivity index (χ4v) is 4.63. The van der Waals surface area contributed by atoms with E-state index in [9.17, 15) is 9.59 Å². The van der Waals surface area contributed by atoms with Crippen molar-refractivity contribution in [2.24, 2.45) is 5.92 Å². The summed E-state index contributed by atoms with van der Waals surface area (Å²) in [6, 6.07) is 10.2. The van der Waals surface area contributed by atoms with Gasteiger partial charge in [0, 0.05) is 36.6 Å². The molecule has 6 heteroatoms. The van der Waals surface area contributed by atoms with Gasteiger partial charge in [-0.05, 0) is 75.0 Å². The van der Waals surface area contributed by atoms with Crippen LogP contribution in [0.5, 0.6) is 0 Å². The Morgan fingerprint density at radius 3 is 2.58 bits per heavy atom. The van der Waals surface area contributed by atoms with Crippen LogP contribution in [0.4, 0.5) is 5.69 Å². The minimum Gasteiger partial charge on any atom is -0.353 e. The number of nitrogens with zero attached hydrogens (tertiary/aromatic N) is 2. The van der Waals surface area contributed by atoms with Gasteiger partial charge in [0.25, 0.3) is 5.91 Å². The maximum absolute atomic E-state index is 12.5. The molecule has 31 heavy (non-hydrogen) atoms. The Morgan fingerprint density at radius 1 is 1.06 bits per heavy atom. The smallest absolute Gasteiger partial charge is 0.257 e. The van der Waals surface area contributed by atoms with Gasteiger partial charge in [0.2, 0.25) is 5.91 Å². The van der Waals surface area contributed by atoms with Crippen LogP contribution in [0.3, 0.4) is 0 Å². The van der Waals surface area contributed by atoms with Crippen molar-refractivity contribution in [3.05, 3.63) is 59.4 Å². The lowest BCUT2D eigenvalue weighted by atomic mass is 9.95. The number of likely N-dealkylation sites (tertiary alicyclic amines) is 1. The first-order valence-electron chi connectivity index (χ1n) is 11.4. The van der Waals surface area contributed by atoms with Crippen LogP contribution in [0.25, 0.3) is 0 Å². The van der Waals surface area contributed by atoms with E-state index in [4.69, 9.17) is 0 Å². The molecule has 2 N–H and O–H groups in total. The molecular weight excluding hydrogens is 388 g/mol. The molecule has 4 rings (SSSR count). The number of nitrogens with one attached hydrogen (secondary N) is 2. The fraction of sp³-hybridized carbons (Fsp3) is 0.480. The van der Waals surface area contributed by atoms with Crippen molar-refractivity contribution < 1.29 is 9.59 Å². The first kappa shape index (κ1) is 21.5. The second-order valence-electron chi connectivity index (χ2n) is 8.95. The van der Waals surface area contributed by atoms with Crippen LogP contribution in [0, 0.1) is 12.8 Å². The quantitative estimate of drug-likeness (QED) is 0.743. The van der Waals surface area contributed by atoms with Crippen molar-refractivity contribution >= 4 is 17.5 Å². The lowest BCUT2D eigenvalue weighted by Gasteiger charge is -2.32. The number of piperidine rings is 1. The van der Waals surface area contributed by atoms with Gasteiger partial charge < -0.3 is 10.6 Å². The molecule has 0 spiro atoms. The van der Waals surface area contributed by atoms with Crippen molar-refractivity contribution in [1.29, 1.82) is 0 Å². The highest BCUT2D eigenvalue weighted by molar-refractivity contribution is 6.04. The SMILES string of the molecule is Cc1cncc(C(=O)Nc2cccc(CN3CCC(C(=O)NC4CCCC4)CC3)c2)c1. The van der Waals surface area contributed by atoms with Gasteiger partial charge in [-0.2, -0.15) is 0 Å². The molecule has 1 aliphatic carbocycles. The minimum atomic E-state index is -0.151. The van der Waals surface area contributed by atoms with Gasteiger partial charge in [-0.15, -0.1) is 0 Å². The summed E-state index contributed by atoms with van der Waals surface area (Å²) in [6.07, 6.45) is 9.90. The van der Waals surface area contributed by atoms with Crippen molar-refractivity contribution in [3.8, 4) is 0 Å². The van der Waals surface area contributed by atoms with E-state index in [1.165, 1.54) is 12.8 Å². The summed E-state index contributed by atoms with van der Waals surface area (Å²) in [7, 11) is 0. The number of pyridine rings is 1. The Bertz CT molecular complexity index is 915. The van der Waals surface area contributed by atoms with E-state index in [-0.39, 0.29) is 17.7 Å². The third-order valence-corrected chi connectivity index (χ3v) is 6.39. The molecule has 2 amide bonds. The van der Waals surface area contributed by atoms with Gasteiger partial charge in [-0.25, -0.2) is 0 Å². The van der Waals surface area contributed by atoms with E-state index in [0.29, 0.717) is 11.6 Å². The number of hydrogen-bond donors (Lipinski definition) is 2. The number of rotatable bonds is 6. The first-order chi connectivity index (χ1) is 15.1. The standard InChI is InChI=1S/C25H32N4O2/c1-18-13-21(16-26-15-18)25(31)28-23-8-4-5-19(14-23)17-29-11-9-20(10-12-29)24(30)27-22-6-2-3-7-22/h4-5,8,13-16,20,22H,2-3,6-7,9-12,17H2,1H3,(H,27,30)(H,28,31). The van der Waals surface area contributed by atoms with Crippen LogP contribution in [0.1, 0.15) is 60.0 Å². The lowest BCUT2D eigenvalue weighted by molar-refractivity contribution is -0.127. The van der Waals surface area contributed by atoms with Crippen LogP contribution in [-0.2, 0) is 11.3 Å². The molecule has 1 saturated carbocycles. The second kappa shape index (κ2) is 10.1. The largest absolute Gasteiger partial charge is 0.353 e. The van der Waals surface area contributed by atoms with Crippen molar-refractivity contribution in [1.82, 2.24) is 15.2 Å². The molecule has 1 aliphatic heterocycles. The third kappa shape index (κ3) is 5.91. The Kier molecular flexibility index (Phi) is 6.97. The maximum atomic E-state index is 12.5. The first-order valence-corrected chi connectivity index (χ1v) is 11.4. The highest BCUT2D eigenvalue weighted by Crippen LogP contribution is 2.23. The molecule has 2 heterocycles. The zero-order valence-electron chi connectivity index (χ0n) is 18.3. The number of hydrogen-bond acceptors (Lipinski definition) is 4. The van der Waals surface area contributed by atoms with Gasteiger partial charge in [0.15, 0.2) is 0 Å². The number of amides is 2. The molecule has 0 radical (unpaired) electrons. The molecule has 1 saturated heterocycles. The van der Waals surface area contributed by atoms with Crippen LogP contribution >= 0.6 is 0 Å². The summed E-state index contributed by atoms with van der Waals surface area (Å²) in [5.74, 6) is 0.245. The second-order valence-corrected chi connectivity index (χ2v) is 8.95. The van der Waals surface area contributed by atoms with Crippen LogP contribution in [-0.4, -0.2) is 40.8 Å². The van der Waals surface area contributed by atoms with E-state index in [2.05, 4.69) is 26.6 Å². The molecule has 0 unspecified atom stereocenters. The van der Waals surface area contributed by atoms with Gasteiger partial charge >= 0.3 is 0 Å². The predicted octanol–water partition coefficient (Wildman–Crippen LogP) is 3.91. The average molecular weight is 421 g/mol. The topological polar surface area (TPSA) is 74.3 Å². The number of carbonyl (C=O) groups excluding carboxylic acids is 2. The number of aromatic nitrogens is 1. The summed E-state index contributed by atoms with van der Waals surface area (Å²) in [5, 5.41) is 6.22. The normalized spacial score (nSPS) is 18.1. The van der Waals surface area contributed by atoms with E-state index in [0.717, 1.165) is 62.1 Å². The zero-order valence-corrected chi connectivity index (χ0v) is 18.3. The molecule has 2 aliphatic rings. The summed E-state index contributed by atoms with van der Waals surface area (Å²) >= 11 is 0. The maximum Gasteiger partial charge on any atom is 0.257 e. The summed E-state index contributed by atoms with van der Waals surface area (Å²) < 4.78 is 0.